The first-order chi connectivity index (χ1) is 7.58. The van der Waals surface area contributed by atoms with Crippen LogP contribution < -0.4 is 15.2 Å². The van der Waals surface area contributed by atoms with Crippen LogP contribution in [0.1, 0.15) is 5.56 Å². The van der Waals surface area contributed by atoms with Gasteiger partial charge in [0.15, 0.2) is 11.5 Å². The van der Waals surface area contributed by atoms with E-state index in [1.807, 2.05) is 0 Å². The number of fused-ring (bicyclic) bond motifs is 1. The number of rotatable bonds is 3. The molecule has 0 spiro atoms. The lowest BCUT2D eigenvalue weighted by atomic mass is 10.1. The Balaban J connectivity index is 2.48. The number of carbonyl (C=O) groups excluding carboxylic acids is 1. The molecule has 7 heteroatoms. The van der Waals surface area contributed by atoms with Crippen molar-refractivity contribution >= 4 is 11.6 Å². The van der Waals surface area contributed by atoms with E-state index in [1.165, 1.54) is 12.1 Å². The van der Waals surface area contributed by atoms with Crippen molar-refractivity contribution in [1.82, 2.24) is 0 Å². The quantitative estimate of drug-likeness (QED) is 0.589. The Kier molecular flexibility index (Phi) is 2.35. The lowest BCUT2D eigenvalue weighted by Gasteiger charge is -2.02. The fourth-order valence-corrected chi connectivity index (χ4v) is 1.47. The molecule has 1 heterocycles. The largest absolute Gasteiger partial charge is 0.454 e. The van der Waals surface area contributed by atoms with E-state index in [4.69, 9.17) is 15.2 Å². The number of nitro groups is 1. The highest BCUT2D eigenvalue weighted by Gasteiger charge is 2.23. The SMILES string of the molecule is NC(=O)Cc1cc2c(cc1[N+](=O)[O-])OCO2. The van der Waals surface area contributed by atoms with Crippen LogP contribution in [0.4, 0.5) is 5.69 Å². The Morgan fingerprint density at radius 2 is 2.06 bits per heavy atom. The average molecular weight is 224 g/mol. The van der Waals surface area contributed by atoms with E-state index >= 15 is 0 Å². The molecule has 84 valence electrons. The number of nitrogens with zero attached hydrogens (tertiary/aromatic N) is 1. The Morgan fingerprint density at radius 1 is 1.44 bits per heavy atom. The first-order valence-electron chi connectivity index (χ1n) is 4.43. The maximum absolute atomic E-state index is 10.8. The normalized spacial score (nSPS) is 12.5. The van der Waals surface area contributed by atoms with Crippen LogP contribution >= 0.6 is 0 Å². The first-order valence-corrected chi connectivity index (χ1v) is 4.43. The summed E-state index contributed by atoms with van der Waals surface area (Å²) in [6, 6.07) is 2.64. The minimum Gasteiger partial charge on any atom is -0.454 e. The second-order valence-electron chi connectivity index (χ2n) is 3.23. The van der Waals surface area contributed by atoms with E-state index in [9.17, 15) is 14.9 Å². The molecule has 0 aromatic heterocycles. The zero-order valence-electron chi connectivity index (χ0n) is 8.13. The van der Waals surface area contributed by atoms with Gasteiger partial charge >= 0.3 is 0 Å². The molecule has 0 atom stereocenters. The number of hydrogen-bond donors (Lipinski definition) is 1. The molecular formula is C9H8N2O5. The maximum Gasteiger partial charge on any atom is 0.277 e. The fourth-order valence-electron chi connectivity index (χ4n) is 1.47. The average Bonchev–Trinajstić information content (AvgIpc) is 2.62. The molecule has 0 saturated carbocycles. The molecule has 0 unspecified atom stereocenters. The van der Waals surface area contributed by atoms with Crippen molar-refractivity contribution in [2.24, 2.45) is 5.73 Å². The predicted octanol–water partition coefficient (Wildman–Crippen LogP) is 0.351. The molecule has 1 aliphatic rings. The van der Waals surface area contributed by atoms with Gasteiger partial charge in [0, 0.05) is 5.56 Å². The van der Waals surface area contributed by atoms with Crippen molar-refractivity contribution < 1.29 is 19.2 Å². The van der Waals surface area contributed by atoms with Gasteiger partial charge in [0.05, 0.1) is 17.4 Å². The number of hydrogen-bond acceptors (Lipinski definition) is 5. The second kappa shape index (κ2) is 3.69. The Labute approximate surface area is 89.9 Å². The van der Waals surface area contributed by atoms with Gasteiger partial charge in [0.2, 0.25) is 12.7 Å². The van der Waals surface area contributed by atoms with Gasteiger partial charge in [0.25, 0.3) is 5.69 Å². The van der Waals surface area contributed by atoms with Gasteiger partial charge in [-0.2, -0.15) is 0 Å². The third kappa shape index (κ3) is 1.74. The van der Waals surface area contributed by atoms with Gasteiger partial charge in [-0.1, -0.05) is 0 Å². The minimum absolute atomic E-state index is 0.0203. The molecule has 16 heavy (non-hydrogen) atoms. The number of ether oxygens (including phenoxy) is 2. The summed E-state index contributed by atoms with van der Waals surface area (Å²) in [6.07, 6.45) is -0.201. The van der Waals surface area contributed by atoms with Gasteiger partial charge in [-0.05, 0) is 6.07 Å². The van der Waals surface area contributed by atoms with Crippen LogP contribution in [0.25, 0.3) is 0 Å². The molecule has 2 N–H and O–H groups in total. The van der Waals surface area contributed by atoms with E-state index in [1.54, 1.807) is 0 Å². The molecule has 1 aromatic rings. The first kappa shape index (κ1) is 10.2. The van der Waals surface area contributed by atoms with Crippen LogP contribution in [0.3, 0.4) is 0 Å². The summed E-state index contributed by atoms with van der Waals surface area (Å²) in [6.45, 7) is 0.0203. The maximum atomic E-state index is 10.8. The molecule has 7 nitrogen and oxygen atoms in total. The highest BCUT2D eigenvalue weighted by Crippen LogP contribution is 2.37. The van der Waals surface area contributed by atoms with Crippen LogP contribution in [-0.2, 0) is 11.2 Å². The van der Waals surface area contributed by atoms with Gasteiger partial charge in [0.1, 0.15) is 0 Å². The van der Waals surface area contributed by atoms with Crippen LogP contribution in [0.5, 0.6) is 11.5 Å². The number of primary amides is 1. The highest BCUT2D eigenvalue weighted by molar-refractivity contribution is 5.78. The van der Waals surface area contributed by atoms with Crippen LogP contribution in [0.15, 0.2) is 12.1 Å². The molecule has 0 radical (unpaired) electrons. The summed E-state index contributed by atoms with van der Waals surface area (Å²) in [5, 5.41) is 10.8. The minimum atomic E-state index is -0.637. The van der Waals surface area contributed by atoms with E-state index in [0.717, 1.165) is 0 Å². The van der Waals surface area contributed by atoms with Crippen LogP contribution in [-0.4, -0.2) is 17.6 Å². The van der Waals surface area contributed by atoms with E-state index in [2.05, 4.69) is 0 Å². The predicted molar refractivity (Wildman–Crippen MR) is 52.1 cm³/mol. The summed E-state index contributed by atoms with van der Waals surface area (Å²) in [7, 11) is 0. The number of benzene rings is 1. The van der Waals surface area contributed by atoms with Gasteiger partial charge < -0.3 is 15.2 Å². The molecule has 0 saturated heterocycles. The van der Waals surface area contributed by atoms with Crippen molar-refractivity contribution in [2.75, 3.05) is 6.79 Å². The zero-order chi connectivity index (χ0) is 11.7. The van der Waals surface area contributed by atoms with E-state index in [-0.39, 0.29) is 24.5 Å². The van der Waals surface area contributed by atoms with Crippen molar-refractivity contribution in [1.29, 1.82) is 0 Å². The Morgan fingerprint density at radius 3 is 2.62 bits per heavy atom. The molecule has 2 rings (SSSR count). The van der Waals surface area contributed by atoms with Crippen LogP contribution in [0, 0.1) is 10.1 Å². The number of nitrogens with two attached hydrogens (primary N) is 1. The Hall–Kier alpha value is -2.31. The molecular weight excluding hydrogens is 216 g/mol. The third-order valence-corrected chi connectivity index (χ3v) is 2.14. The molecule has 0 bridgehead atoms. The summed E-state index contributed by atoms with van der Waals surface area (Å²) >= 11 is 0. The second-order valence-corrected chi connectivity index (χ2v) is 3.23. The standard InChI is InChI=1S/C9H8N2O5/c10-9(12)2-5-1-7-8(16-4-15-7)3-6(5)11(13)14/h1,3H,2,4H2,(H2,10,12). The fraction of sp³-hybridized carbons (Fsp3) is 0.222. The highest BCUT2D eigenvalue weighted by atomic mass is 16.7. The summed E-state index contributed by atoms with van der Waals surface area (Å²) in [5.74, 6) is 0.0590. The Bertz CT molecular complexity index is 471. The van der Waals surface area contributed by atoms with Gasteiger partial charge in [-0.15, -0.1) is 0 Å². The van der Waals surface area contributed by atoms with Crippen LogP contribution in [0.2, 0.25) is 0 Å². The smallest absolute Gasteiger partial charge is 0.277 e. The lowest BCUT2D eigenvalue weighted by Crippen LogP contribution is -2.14. The topological polar surface area (TPSA) is 105 Å². The van der Waals surface area contributed by atoms with Gasteiger partial charge in [-0.3, -0.25) is 14.9 Å². The molecule has 1 amide bonds. The monoisotopic (exact) mass is 224 g/mol. The zero-order valence-corrected chi connectivity index (χ0v) is 8.13. The summed E-state index contributed by atoms with van der Waals surface area (Å²) in [4.78, 5) is 20.9. The number of carbonyl (C=O) groups is 1. The third-order valence-electron chi connectivity index (χ3n) is 2.14. The van der Waals surface area contributed by atoms with E-state index in [0.29, 0.717) is 11.5 Å². The number of nitro benzene ring substituents is 1. The molecule has 0 aliphatic carbocycles. The summed E-state index contributed by atoms with van der Waals surface area (Å²) < 4.78 is 10.1. The number of amides is 1. The molecule has 0 fully saturated rings. The van der Waals surface area contributed by atoms with Crippen molar-refractivity contribution in [3.63, 3.8) is 0 Å². The van der Waals surface area contributed by atoms with Gasteiger partial charge in [-0.25, -0.2) is 0 Å². The van der Waals surface area contributed by atoms with Crippen molar-refractivity contribution in [3.8, 4) is 11.5 Å². The lowest BCUT2D eigenvalue weighted by molar-refractivity contribution is -0.385. The van der Waals surface area contributed by atoms with E-state index < -0.39 is 10.8 Å². The molecule has 1 aliphatic heterocycles. The summed E-state index contributed by atoms with van der Waals surface area (Å²) in [5.41, 5.74) is 5.04. The molecule has 1 aromatic carbocycles. The van der Waals surface area contributed by atoms with Crippen molar-refractivity contribution in [2.45, 2.75) is 6.42 Å². The van der Waals surface area contributed by atoms with Crippen molar-refractivity contribution in [3.05, 3.63) is 27.8 Å².